The summed E-state index contributed by atoms with van der Waals surface area (Å²) < 4.78 is 78.4. The lowest BCUT2D eigenvalue weighted by Crippen LogP contribution is -2.45. The molecule has 0 aliphatic rings. The summed E-state index contributed by atoms with van der Waals surface area (Å²) in [7, 11) is -4.47. The average Bonchev–Trinajstić information content (AvgIpc) is 3.25. The lowest BCUT2D eigenvalue weighted by atomic mass is 10.1. The zero-order valence-electron chi connectivity index (χ0n) is 16.7. The highest BCUT2D eigenvalue weighted by Gasteiger charge is 2.36. The summed E-state index contributed by atoms with van der Waals surface area (Å²) in [5.74, 6) is 2.57. The standard InChI is InChI=1S/C18H11F4N5O5S2/c1-34(31,32)27(16(29)13-3-2-4-33-13)11-6-12(10(19)5-9(11)8-23)25-15(28)7-14(18(20,21)22)26(24)17(25)30/h2-7H,24H2,1H3. The Bertz CT molecular complexity index is 1570. The molecule has 0 aliphatic heterocycles. The molecule has 3 aromatic rings. The first-order chi connectivity index (χ1) is 15.7. The van der Waals surface area contributed by atoms with Gasteiger partial charge in [-0.3, -0.25) is 9.59 Å². The number of nitrogens with zero attached hydrogens (tertiary/aromatic N) is 4. The number of anilines is 1. The van der Waals surface area contributed by atoms with Crippen LogP contribution in [0.4, 0.5) is 23.2 Å². The zero-order chi connectivity index (χ0) is 25.6. The number of rotatable bonds is 4. The Kier molecular flexibility index (Phi) is 6.11. The van der Waals surface area contributed by atoms with Crippen molar-refractivity contribution < 1.29 is 30.8 Å². The molecule has 0 aliphatic carbocycles. The normalized spacial score (nSPS) is 11.8. The van der Waals surface area contributed by atoms with Crippen LogP contribution in [-0.4, -0.2) is 29.8 Å². The van der Waals surface area contributed by atoms with Crippen molar-refractivity contribution in [1.82, 2.24) is 9.24 Å². The SMILES string of the molecule is CS(=O)(=O)N(C(=O)c1cccs1)c1cc(-n2c(=O)cc(C(F)(F)F)n(N)c2=O)c(F)cc1C#N. The molecule has 0 bridgehead atoms. The van der Waals surface area contributed by atoms with Gasteiger partial charge in [0.25, 0.3) is 11.5 Å². The van der Waals surface area contributed by atoms with Gasteiger partial charge in [-0.05, 0) is 23.6 Å². The van der Waals surface area contributed by atoms with Crippen molar-refractivity contribution in [2.24, 2.45) is 0 Å². The monoisotopic (exact) mass is 517 g/mol. The molecule has 1 amide bonds. The van der Waals surface area contributed by atoms with Crippen LogP contribution in [0.25, 0.3) is 5.69 Å². The summed E-state index contributed by atoms with van der Waals surface area (Å²) in [5.41, 5.74) is -7.74. The molecule has 10 nitrogen and oxygen atoms in total. The molecule has 2 aromatic heterocycles. The van der Waals surface area contributed by atoms with E-state index in [9.17, 15) is 45.6 Å². The number of benzene rings is 1. The Labute approximate surface area is 191 Å². The Hall–Kier alpha value is -3.97. The van der Waals surface area contributed by atoms with Crippen molar-refractivity contribution in [3.05, 3.63) is 78.5 Å². The van der Waals surface area contributed by atoms with Crippen LogP contribution < -0.4 is 21.4 Å². The van der Waals surface area contributed by atoms with E-state index in [0.29, 0.717) is 18.4 Å². The van der Waals surface area contributed by atoms with Crippen LogP contribution in [0.15, 0.2) is 45.3 Å². The van der Waals surface area contributed by atoms with Gasteiger partial charge < -0.3 is 5.84 Å². The molecule has 178 valence electrons. The van der Waals surface area contributed by atoms with Gasteiger partial charge in [-0.2, -0.15) is 18.4 Å². The first kappa shape index (κ1) is 24.7. The van der Waals surface area contributed by atoms with Crippen LogP contribution in [0, 0.1) is 17.1 Å². The molecule has 0 saturated carbocycles. The van der Waals surface area contributed by atoms with Gasteiger partial charge in [-0.25, -0.2) is 31.2 Å². The van der Waals surface area contributed by atoms with Crippen LogP contribution in [0.5, 0.6) is 0 Å². The first-order valence-corrected chi connectivity index (χ1v) is 11.4. The van der Waals surface area contributed by atoms with E-state index in [1.807, 2.05) is 0 Å². The summed E-state index contributed by atoms with van der Waals surface area (Å²) in [6.45, 7) is 0. The van der Waals surface area contributed by atoms with Gasteiger partial charge >= 0.3 is 11.9 Å². The summed E-state index contributed by atoms with van der Waals surface area (Å²) in [6, 6.07) is 5.08. The number of thiophene rings is 1. The predicted molar refractivity (Wildman–Crippen MR) is 112 cm³/mol. The molecule has 2 heterocycles. The number of nitrogens with two attached hydrogens (primary N) is 1. The van der Waals surface area contributed by atoms with Crippen LogP contribution >= 0.6 is 11.3 Å². The molecule has 0 fully saturated rings. The molecule has 34 heavy (non-hydrogen) atoms. The van der Waals surface area contributed by atoms with Gasteiger partial charge in [0.1, 0.15) is 11.9 Å². The van der Waals surface area contributed by atoms with E-state index in [0.717, 1.165) is 11.3 Å². The van der Waals surface area contributed by atoms with Gasteiger partial charge in [0, 0.05) is 6.07 Å². The second-order valence-corrected chi connectivity index (χ2v) is 9.37. The fraction of sp³-hybridized carbons (Fsp3) is 0.111. The van der Waals surface area contributed by atoms with Crippen LogP contribution in [0.1, 0.15) is 20.9 Å². The number of aromatic nitrogens is 2. The van der Waals surface area contributed by atoms with Crippen LogP contribution in [0.2, 0.25) is 0 Å². The Morgan fingerprint density at radius 1 is 1.24 bits per heavy atom. The molecular weight excluding hydrogens is 506 g/mol. The number of hydrogen-bond acceptors (Lipinski definition) is 8. The number of carbonyl (C=O) groups is 1. The number of sulfonamides is 1. The van der Waals surface area contributed by atoms with E-state index < -0.39 is 66.5 Å². The van der Waals surface area contributed by atoms with Crippen molar-refractivity contribution in [2.75, 3.05) is 16.4 Å². The molecule has 0 atom stereocenters. The summed E-state index contributed by atoms with van der Waals surface area (Å²) in [6.07, 6.45) is -4.58. The molecule has 0 saturated heterocycles. The Morgan fingerprint density at radius 2 is 1.88 bits per heavy atom. The number of halogens is 4. The van der Waals surface area contributed by atoms with E-state index >= 15 is 0 Å². The van der Waals surface area contributed by atoms with E-state index in [-0.39, 0.29) is 19.8 Å². The molecule has 0 unspecified atom stereocenters. The van der Waals surface area contributed by atoms with E-state index in [1.165, 1.54) is 23.6 Å². The zero-order valence-corrected chi connectivity index (χ0v) is 18.3. The van der Waals surface area contributed by atoms with Gasteiger partial charge in [0.15, 0.2) is 5.69 Å². The predicted octanol–water partition coefficient (Wildman–Crippen LogP) is 1.41. The van der Waals surface area contributed by atoms with Crippen molar-refractivity contribution in [3.63, 3.8) is 0 Å². The quantitative estimate of drug-likeness (QED) is 0.406. The Morgan fingerprint density at radius 3 is 2.38 bits per heavy atom. The fourth-order valence-electron chi connectivity index (χ4n) is 2.91. The van der Waals surface area contributed by atoms with Gasteiger partial charge in [-0.15, -0.1) is 11.3 Å². The molecule has 16 heteroatoms. The van der Waals surface area contributed by atoms with Crippen molar-refractivity contribution in [1.29, 1.82) is 5.26 Å². The largest absolute Gasteiger partial charge is 0.433 e. The minimum absolute atomic E-state index is 0.0656. The molecule has 1 aromatic carbocycles. The highest BCUT2D eigenvalue weighted by Crippen LogP contribution is 2.30. The highest BCUT2D eigenvalue weighted by atomic mass is 32.2. The lowest BCUT2D eigenvalue weighted by molar-refractivity contribution is -0.143. The van der Waals surface area contributed by atoms with Gasteiger partial charge in [0.2, 0.25) is 10.0 Å². The number of nitriles is 1. The van der Waals surface area contributed by atoms with E-state index in [1.54, 1.807) is 0 Å². The van der Waals surface area contributed by atoms with Gasteiger partial charge in [0.05, 0.1) is 28.1 Å². The molecular formula is C18H11F4N5O5S2. The van der Waals surface area contributed by atoms with E-state index in [4.69, 9.17) is 5.84 Å². The molecule has 2 N–H and O–H groups in total. The summed E-state index contributed by atoms with van der Waals surface area (Å²) >= 11 is 0.854. The third kappa shape index (κ3) is 4.30. The van der Waals surface area contributed by atoms with Gasteiger partial charge in [-0.1, -0.05) is 6.07 Å². The first-order valence-electron chi connectivity index (χ1n) is 8.72. The maximum atomic E-state index is 14.8. The second-order valence-electron chi connectivity index (χ2n) is 6.60. The smallest absolute Gasteiger partial charge is 0.335 e. The fourth-order valence-corrected chi connectivity index (χ4v) is 4.53. The van der Waals surface area contributed by atoms with Crippen LogP contribution in [-0.2, 0) is 16.2 Å². The summed E-state index contributed by atoms with van der Waals surface area (Å²) in [5, 5.41) is 10.8. The number of nitrogen functional groups attached to an aromatic ring is 1. The number of carbonyl (C=O) groups excluding carboxylic acids is 1. The van der Waals surface area contributed by atoms with Crippen molar-refractivity contribution in [2.45, 2.75) is 6.18 Å². The van der Waals surface area contributed by atoms with Crippen molar-refractivity contribution >= 4 is 33.0 Å². The molecule has 0 radical (unpaired) electrons. The van der Waals surface area contributed by atoms with Crippen LogP contribution in [0.3, 0.4) is 0 Å². The maximum absolute atomic E-state index is 14.8. The summed E-state index contributed by atoms with van der Waals surface area (Å²) in [4.78, 5) is 37.6. The number of amides is 1. The number of alkyl halides is 3. The average molecular weight is 517 g/mol. The maximum Gasteiger partial charge on any atom is 0.433 e. The van der Waals surface area contributed by atoms with E-state index in [2.05, 4.69) is 0 Å². The second kappa shape index (κ2) is 8.43. The highest BCUT2D eigenvalue weighted by molar-refractivity contribution is 7.92. The minimum Gasteiger partial charge on any atom is -0.335 e. The third-order valence-electron chi connectivity index (χ3n) is 4.32. The van der Waals surface area contributed by atoms with Crippen molar-refractivity contribution in [3.8, 4) is 11.8 Å². The molecule has 0 spiro atoms. The number of hydrogen-bond donors (Lipinski definition) is 1. The third-order valence-corrected chi connectivity index (χ3v) is 6.20. The molecule has 3 rings (SSSR count). The lowest BCUT2D eigenvalue weighted by Gasteiger charge is -2.22. The minimum atomic E-state index is -5.19. The Balaban J connectivity index is 2.38. The topological polar surface area (TPSA) is 148 Å².